The second kappa shape index (κ2) is 7.96. The molecule has 1 aromatic carbocycles. The van der Waals surface area contributed by atoms with Gasteiger partial charge in [-0.05, 0) is 61.3 Å². The van der Waals surface area contributed by atoms with Crippen LogP contribution in [-0.4, -0.2) is 29.2 Å². The van der Waals surface area contributed by atoms with Crippen molar-refractivity contribution in [1.82, 2.24) is 10.6 Å². The van der Waals surface area contributed by atoms with Gasteiger partial charge in [0.2, 0.25) is 0 Å². The first-order valence-corrected chi connectivity index (χ1v) is 9.96. The van der Waals surface area contributed by atoms with E-state index in [-0.39, 0.29) is 16.9 Å². The molecular formula is C19H24ClN3OS. The first-order valence-electron chi connectivity index (χ1n) is 8.54. The van der Waals surface area contributed by atoms with Crippen LogP contribution in [0, 0.1) is 5.92 Å². The van der Waals surface area contributed by atoms with E-state index in [0.29, 0.717) is 23.0 Å². The van der Waals surface area contributed by atoms with E-state index < -0.39 is 0 Å². The number of carbonyl (C=O) groups is 1. The van der Waals surface area contributed by atoms with Crippen molar-refractivity contribution in [2.45, 2.75) is 30.8 Å². The van der Waals surface area contributed by atoms with Crippen LogP contribution in [0.4, 0.5) is 0 Å². The van der Waals surface area contributed by atoms with E-state index in [1.807, 2.05) is 0 Å². The first kappa shape index (κ1) is 18.5. The van der Waals surface area contributed by atoms with Crippen LogP contribution >= 0.6 is 23.4 Å². The second-order valence-electron chi connectivity index (χ2n) is 6.75. The average molecular weight is 378 g/mol. The van der Waals surface area contributed by atoms with Gasteiger partial charge in [-0.1, -0.05) is 29.8 Å². The quantitative estimate of drug-likeness (QED) is 0.753. The van der Waals surface area contributed by atoms with Crippen LogP contribution in [0.25, 0.3) is 0 Å². The molecule has 0 saturated carbocycles. The summed E-state index contributed by atoms with van der Waals surface area (Å²) in [7, 11) is 0. The van der Waals surface area contributed by atoms with E-state index in [9.17, 15) is 4.79 Å². The van der Waals surface area contributed by atoms with Gasteiger partial charge in [-0.3, -0.25) is 10.1 Å². The number of amides is 1. The minimum Gasteiger partial charge on any atom is -0.351 e. The molecule has 1 aromatic rings. The van der Waals surface area contributed by atoms with Crippen LogP contribution in [0.3, 0.4) is 0 Å². The van der Waals surface area contributed by atoms with Crippen molar-refractivity contribution in [2.24, 2.45) is 11.7 Å². The van der Waals surface area contributed by atoms with Crippen LogP contribution in [0.15, 0.2) is 48.1 Å². The number of nitrogens with two attached hydrogens (primary N) is 1. The molecule has 0 bridgehead atoms. The second-order valence-corrected chi connectivity index (χ2v) is 8.44. The number of rotatable bonds is 4. The summed E-state index contributed by atoms with van der Waals surface area (Å²) >= 11 is 7.61. The summed E-state index contributed by atoms with van der Waals surface area (Å²) in [5.41, 5.74) is 7.83. The maximum Gasteiger partial charge on any atom is 0.251 e. The smallest absolute Gasteiger partial charge is 0.251 e. The third-order valence-corrected chi connectivity index (χ3v) is 5.95. The summed E-state index contributed by atoms with van der Waals surface area (Å²) < 4.78 is 0. The molecule has 4 nitrogen and oxygen atoms in total. The number of hydrogen-bond acceptors (Lipinski definition) is 4. The molecule has 1 aliphatic heterocycles. The average Bonchev–Trinajstić information content (AvgIpc) is 2.60. The highest BCUT2D eigenvalue weighted by atomic mass is 35.5. The summed E-state index contributed by atoms with van der Waals surface area (Å²) in [6, 6.07) is 6.95. The molecule has 134 valence electrons. The van der Waals surface area contributed by atoms with Gasteiger partial charge in [0, 0.05) is 22.7 Å². The molecule has 2 aliphatic rings. The highest BCUT2D eigenvalue weighted by molar-refractivity contribution is 7.99. The Kier molecular flexibility index (Phi) is 5.89. The topological polar surface area (TPSA) is 67.2 Å². The summed E-state index contributed by atoms with van der Waals surface area (Å²) in [4.78, 5) is 12.3. The Bertz CT molecular complexity index is 688. The predicted molar refractivity (Wildman–Crippen MR) is 106 cm³/mol. The maximum atomic E-state index is 12.3. The fraction of sp³-hybridized carbons (Fsp3) is 0.421. The van der Waals surface area contributed by atoms with E-state index in [0.717, 1.165) is 18.6 Å². The number of nitrogens with one attached hydrogen (secondary N) is 2. The molecular weight excluding hydrogens is 354 g/mol. The van der Waals surface area contributed by atoms with Crippen molar-refractivity contribution in [2.75, 3.05) is 12.3 Å². The third kappa shape index (κ3) is 4.67. The third-order valence-electron chi connectivity index (χ3n) is 4.78. The lowest BCUT2D eigenvalue weighted by molar-refractivity contribution is 0.0949. The summed E-state index contributed by atoms with van der Waals surface area (Å²) in [6.07, 6.45) is 8.63. The molecule has 0 spiro atoms. The molecule has 0 radical (unpaired) electrons. The monoisotopic (exact) mass is 377 g/mol. The zero-order valence-corrected chi connectivity index (χ0v) is 15.9. The lowest BCUT2D eigenvalue weighted by Crippen LogP contribution is -2.55. The molecule has 1 fully saturated rings. The Labute approximate surface area is 158 Å². The standard InChI is InChI=1S/C19H24ClN3OS/c1-19(9-10-25-18(21)23-19)15-4-2-3-13(11-15)12-22-17(24)14-5-7-16(20)8-6-14/h2,4-8,11,13,18,23H,3,9-10,12,21H2,1H3,(H,22,24). The Balaban J connectivity index is 1.61. The molecule has 1 heterocycles. The molecule has 3 rings (SSSR count). The first-order chi connectivity index (χ1) is 12.0. The number of hydrogen-bond donors (Lipinski definition) is 3. The van der Waals surface area contributed by atoms with Crippen molar-refractivity contribution in [1.29, 1.82) is 0 Å². The Morgan fingerprint density at radius 3 is 2.92 bits per heavy atom. The van der Waals surface area contributed by atoms with E-state index in [2.05, 4.69) is 35.8 Å². The molecule has 1 amide bonds. The molecule has 1 aliphatic carbocycles. The number of thioether (sulfide) groups is 1. The Morgan fingerprint density at radius 2 is 2.20 bits per heavy atom. The minimum absolute atomic E-state index is 0.0296. The van der Waals surface area contributed by atoms with Crippen molar-refractivity contribution >= 4 is 29.3 Å². The highest BCUT2D eigenvalue weighted by Crippen LogP contribution is 2.33. The summed E-state index contributed by atoms with van der Waals surface area (Å²) in [5, 5.41) is 7.15. The molecule has 4 N–H and O–H groups in total. The van der Waals surface area contributed by atoms with Gasteiger partial charge >= 0.3 is 0 Å². The summed E-state index contributed by atoms with van der Waals surface area (Å²) in [6.45, 7) is 2.82. The van der Waals surface area contributed by atoms with Crippen molar-refractivity contribution in [3.8, 4) is 0 Å². The maximum absolute atomic E-state index is 12.3. The number of carbonyl (C=O) groups excluding carboxylic acids is 1. The zero-order chi connectivity index (χ0) is 17.9. The fourth-order valence-corrected chi connectivity index (χ4v) is 4.48. The van der Waals surface area contributed by atoms with Crippen molar-refractivity contribution in [3.05, 3.63) is 58.7 Å². The molecule has 3 unspecified atom stereocenters. The summed E-state index contributed by atoms with van der Waals surface area (Å²) in [5.74, 6) is 1.27. The SMILES string of the molecule is CC1(C2=CC(CNC(=O)c3ccc(Cl)cc3)CC=C2)CCSC(N)N1. The van der Waals surface area contributed by atoms with Gasteiger partial charge in [-0.2, -0.15) is 0 Å². The molecule has 1 saturated heterocycles. The Morgan fingerprint density at radius 1 is 1.44 bits per heavy atom. The highest BCUT2D eigenvalue weighted by Gasteiger charge is 2.33. The van der Waals surface area contributed by atoms with Crippen molar-refractivity contribution < 1.29 is 4.79 Å². The van der Waals surface area contributed by atoms with E-state index in [1.165, 1.54) is 5.57 Å². The van der Waals surface area contributed by atoms with Crippen molar-refractivity contribution in [3.63, 3.8) is 0 Å². The normalized spacial score (nSPS) is 29.2. The van der Waals surface area contributed by atoms with Crippen LogP contribution in [0.1, 0.15) is 30.1 Å². The molecule has 0 aromatic heterocycles. The van der Waals surface area contributed by atoms with Gasteiger partial charge in [0.15, 0.2) is 0 Å². The van der Waals surface area contributed by atoms with E-state index >= 15 is 0 Å². The van der Waals surface area contributed by atoms with E-state index in [1.54, 1.807) is 36.0 Å². The van der Waals surface area contributed by atoms with Gasteiger partial charge in [-0.25, -0.2) is 0 Å². The lowest BCUT2D eigenvalue weighted by atomic mass is 9.82. The predicted octanol–water partition coefficient (Wildman–Crippen LogP) is 3.30. The fourth-order valence-electron chi connectivity index (χ4n) is 3.23. The van der Waals surface area contributed by atoms with Crippen LogP contribution in [0.5, 0.6) is 0 Å². The van der Waals surface area contributed by atoms with Crippen LogP contribution in [0.2, 0.25) is 5.02 Å². The number of halogens is 1. The van der Waals surface area contributed by atoms with Gasteiger partial charge < -0.3 is 11.1 Å². The number of allylic oxidation sites excluding steroid dienone is 1. The largest absolute Gasteiger partial charge is 0.351 e. The molecule has 25 heavy (non-hydrogen) atoms. The lowest BCUT2D eigenvalue weighted by Gasteiger charge is -2.40. The van der Waals surface area contributed by atoms with Crippen LogP contribution < -0.4 is 16.4 Å². The Hall–Kier alpha value is -1.27. The van der Waals surface area contributed by atoms with Gasteiger partial charge in [0.25, 0.3) is 5.91 Å². The van der Waals surface area contributed by atoms with Gasteiger partial charge in [0.05, 0.1) is 0 Å². The zero-order valence-electron chi connectivity index (χ0n) is 14.3. The molecule has 6 heteroatoms. The van der Waals surface area contributed by atoms with Gasteiger partial charge in [-0.15, -0.1) is 11.8 Å². The van der Waals surface area contributed by atoms with E-state index in [4.69, 9.17) is 17.3 Å². The van der Waals surface area contributed by atoms with Crippen LogP contribution in [-0.2, 0) is 0 Å². The minimum atomic E-state index is -0.0972. The van der Waals surface area contributed by atoms with Gasteiger partial charge in [0.1, 0.15) is 5.50 Å². The molecule has 3 atom stereocenters. The number of benzene rings is 1.